The first-order valence-corrected chi connectivity index (χ1v) is 15.1. The highest BCUT2D eigenvalue weighted by molar-refractivity contribution is 5.87. The number of amides is 2. The fourth-order valence-electron chi connectivity index (χ4n) is 4.97. The molecular formula is C35H43N5O3. The summed E-state index contributed by atoms with van der Waals surface area (Å²) in [5, 5.41) is 20.2. The summed E-state index contributed by atoms with van der Waals surface area (Å²) < 4.78 is 2.00. The number of nitrogens with one attached hydrogen (secondary N) is 2. The molecule has 2 aromatic heterocycles. The lowest BCUT2D eigenvalue weighted by Crippen LogP contribution is -2.47. The minimum atomic E-state index is -0.666. The van der Waals surface area contributed by atoms with E-state index in [2.05, 4.69) is 66.7 Å². The van der Waals surface area contributed by atoms with Crippen LogP contribution in [0.25, 0.3) is 17.1 Å². The number of carbonyl (C=O) groups is 2. The maximum absolute atomic E-state index is 12.8. The van der Waals surface area contributed by atoms with Gasteiger partial charge in [-0.05, 0) is 85.2 Å². The van der Waals surface area contributed by atoms with Gasteiger partial charge in [-0.15, -0.1) is 0 Å². The number of aromatic hydroxyl groups is 1. The van der Waals surface area contributed by atoms with Crippen molar-refractivity contribution >= 4 is 11.8 Å². The Labute approximate surface area is 254 Å². The SMILES string of the molecule is CCNC(=O)C(Cc1ccc(O)cc1)NC(=O)CCCCCc1cc(-c2ccccn2)nn1-c1ccc(C(C)(C)C)cc1. The van der Waals surface area contributed by atoms with Gasteiger partial charge in [0.1, 0.15) is 17.5 Å². The molecule has 0 spiro atoms. The van der Waals surface area contributed by atoms with Crippen molar-refractivity contribution in [3.05, 3.63) is 95.8 Å². The Bertz CT molecular complexity index is 1470. The highest BCUT2D eigenvalue weighted by Gasteiger charge is 2.21. The van der Waals surface area contributed by atoms with Crippen molar-refractivity contribution in [2.75, 3.05) is 6.54 Å². The monoisotopic (exact) mass is 581 g/mol. The molecule has 0 aliphatic carbocycles. The maximum atomic E-state index is 12.8. The van der Waals surface area contributed by atoms with E-state index in [1.54, 1.807) is 30.5 Å². The Morgan fingerprint density at radius 2 is 1.67 bits per heavy atom. The molecule has 1 unspecified atom stereocenters. The molecule has 0 aliphatic rings. The molecule has 1 atom stereocenters. The summed E-state index contributed by atoms with van der Waals surface area (Å²) in [6, 6.07) is 22.5. The summed E-state index contributed by atoms with van der Waals surface area (Å²) in [6.07, 6.45) is 5.77. The van der Waals surface area contributed by atoms with Crippen LogP contribution in [-0.4, -0.2) is 44.3 Å². The lowest BCUT2D eigenvalue weighted by atomic mass is 9.87. The largest absolute Gasteiger partial charge is 0.508 e. The van der Waals surface area contributed by atoms with Crippen LogP contribution in [-0.2, 0) is 27.8 Å². The lowest BCUT2D eigenvalue weighted by molar-refractivity contribution is -0.129. The average Bonchev–Trinajstić information content (AvgIpc) is 3.42. The summed E-state index contributed by atoms with van der Waals surface area (Å²) in [5.74, 6) is -0.190. The van der Waals surface area contributed by atoms with E-state index in [0.29, 0.717) is 25.8 Å². The summed E-state index contributed by atoms with van der Waals surface area (Å²) in [4.78, 5) is 29.9. The first-order chi connectivity index (χ1) is 20.6. The van der Waals surface area contributed by atoms with Crippen LogP contribution in [0.3, 0.4) is 0 Å². The van der Waals surface area contributed by atoms with Crippen molar-refractivity contribution in [2.45, 2.75) is 77.7 Å². The van der Waals surface area contributed by atoms with Gasteiger partial charge in [0.25, 0.3) is 0 Å². The number of aromatic nitrogens is 3. The van der Waals surface area contributed by atoms with E-state index in [-0.39, 0.29) is 23.0 Å². The summed E-state index contributed by atoms with van der Waals surface area (Å²) in [5.41, 5.74) is 5.98. The number of unbranched alkanes of at least 4 members (excludes halogenated alkanes) is 2. The molecule has 2 heterocycles. The van der Waals surface area contributed by atoms with E-state index in [0.717, 1.165) is 47.6 Å². The highest BCUT2D eigenvalue weighted by atomic mass is 16.3. The van der Waals surface area contributed by atoms with Crippen molar-refractivity contribution < 1.29 is 14.7 Å². The van der Waals surface area contributed by atoms with Gasteiger partial charge in [0.2, 0.25) is 11.8 Å². The molecule has 3 N–H and O–H groups in total. The third-order valence-electron chi connectivity index (χ3n) is 7.40. The van der Waals surface area contributed by atoms with Crippen LogP contribution in [0.4, 0.5) is 0 Å². The molecule has 2 aromatic carbocycles. The number of carbonyl (C=O) groups excluding carboxylic acids is 2. The van der Waals surface area contributed by atoms with E-state index in [9.17, 15) is 14.7 Å². The van der Waals surface area contributed by atoms with Crippen LogP contribution in [0.1, 0.15) is 70.2 Å². The molecule has 0 aliphatic heterocycles. The number of aryl methyl sites for hydroxylation is 1. The van der Waals surface area contributed by atoms with Gasteiger partial charge in [0, 0.05) is 31.3 Å². The minimum Gasteiger partial charge on any atom is -0.508 e. The van der Waals surface area contributed by atoms with Crippen LogP contribution in [0.2, 0.25) is 0 Å². The van der Waals surface area contributed by atoms with Crippen molar-refractivity contribution in [1.29, 1.82) is 0 Å². The molecule has 0 saturated carbocycles. The average molecular weight is 582 g/mol. The number of hydrogen-bond donors (Lipinski definition) is 3. The first kappa shape index (κ1) is 31.5. The predicted molar refractivity (Wildman–Crippen MR) is 170 cm³/mol. The third-order valence-corrected chi connectivity index (χ3v) is 7.40. The van der Waals surface area contributed by atoms with E-state index in [1.807, 2.05) is 29.8 Å². The molecule has 0 radical (unpaired) electrons. The second-order valence-electron chi connectivity index (χ2n) is 11.9. The molecule has 226 valence electrons. The molecule has 2 amide bonds. The lowest BCUT2D eigenvalue weighted by Gasteiger charge is -2.19. The highest BCUT2D eigenvalue weighted by Crippen LogP contribution is 2.26. The van der Waals surface area contributed by atoms with Gasteiger partial charge in [-0.3, -0.25) is 14.6 Å². The Hall–Kier alpha value is -4.46. The molecule has 4 rings (SSSR count). The molecule has 43 heavy (non-hydrogen) atoms. The second-order valence-corrected chi connectivity index (χ2v) is 11.9. The Kier molecular flexibility index (Phi) is 10.7. The topological polar surface area (TPSA) is 109 Å². The van der Waals surface area contributed by atoms with Gasteiger partial charge in [-0.25, -0.2) is 4.68 Å². The quantitative estimate of drug-likeness (QED) is 0.170. The van der Waals surface area contributed by atoms with Gasteiger partial charge >= 0.3 is 0 Å². The van der Waals surface area contributed by atoms with Gasteiger partial charge in [0.05, 0.1) is 11.4 Å². The number of nitrogens with zero attached hydrogens (tertiary/aromatic N) is 3. The summed E-state index contributed by atoms with van der Waals surface area (Å²) in [6.45, 7) is 8.95. The summed E-state index contributed by atoms with van der Waals surface area (Å²) in [7, 11) is 0. The van der Waals surface area contributed by atoms with E-state index in [4.69, 9.17) is 5.10 Å². The molecule has 0 bridgehead atoms. The molecule has 8 nitrogen and oxygen atoms in total. The van der Waals surface area contributed by atoms with Crippen LogP contribution < -0.4 is 10.6 Å². The number of phenolic OH excluding ortho intramolecular Hbond substituents is 1. The zero-order chi connectivity index (χ0) is 30.8. The Balaban J connectivity index is 1.36. The maximum Gasteiger partial charge on any atom is 0.242 e. The first-order valence-electron chi connectivity index (χ1n) is 15.1. The van der Waals surface area contributed by atoms with Crippen LogP contribution >= 0.6 is 0 Å². The number of phenols is 1. The summed E-state index contributed by atoms with van der Waals surface area (Å²) >= 11 is 0. The van der Waals surface area contributed by atoms with Gasteiger partial charge in [-0.1, -0.05) is 57.5 Å². The third kappa shape index (κ3) is 9.01. The van der Waals surface area contributed by atoms with E-state index in [1.165, 1.54) is 5.56 Å². The second kappa shape index (κ2) is 14.6. The number of pyridine rings is 1. The molecule has 0 saturated heterocycles. The standard InChI is InChI=1S/C35H43N5O3/c1-5-36-34(43)32(23-25-14-20-29(41)21-15-25)38-33(42)13-8-6-7-11-28-24-31(30-12-9-10-22-37-30)39-40(28)27-18-16-26(17-19-27)35(2,3)4/h9-10,12,14-22,24,32,41H,5-8,11,13,23H2,1-4H3,(H,36,43)(H,38,42). The number of hydrogen-bond acceptors (Lipinski definition) is 5. The van der Waals surface area contributed by atoms with E-state index >= 15 is 0 Å². The molecule has 0 fully saturated rings. The van der Waals surface area contributed by atoms with Gasteiger partial charge in [0.15, 0.2) is 0 Å². The molecule has 4 aromatic rings. The Morgan fingerprint density at radius 1 is 0.930 bits per heavy atom. The van der Waals surface area contributed by atoms with Crippen LogP contribution in [0.15, 0.2) is 79.0 Å². The van der Waals surface area contributed by atoms with Gasteiger partial charge < -0.3 is 15.7 Å². The predicted octanol–water partition coefficient (Wildman–Crippen LogP) is 5.90. The zero-order valence-corrected chi connectivity index (χ0v) is 25.6. The Morgan fingerprint density at radius 3 is 2.33 bits per heavy atom. The smallest absolute Gasteiger partial charge is 0.242 e. The number of likely N-dealkylation sites (N-methyl/N-ethyl adjacent to an activating group) is 1. The van der Waals surface area contributed by atoms with E-state index < -0.39 is 6.04 Å². The van der Waals surface area contributed by atoms with Gasteiger partial charge in [-0.2, -0.15) is 5.10 Å². The normalized spacial score (nSPS) is 12.1. The van der Waals surface area contributed by atoms with Crippen LogP contribution in [0, 0.1) is 0 Å². The fraction of sp³-hybridized carbons (Fsp3) is 0.371. The van der Waals surface area contributed by atoms with Crippen molar-refractivity contribution in [2.24, 2.45) is 0 Å². The molecule has 8 heteroatoms. The molecular weight excluding hydrogens is 538 g/mol. The zero-order valence-electron chi connectivity index (χ0n) is 25.6. The minimum absolute atomic E-state index is 0.0717. The van der Waals surface area contributed by atoms with Crippen molar-refractivity contribution in [3.63, 3.8) is 0 Å². The van der Waals surface area contributed by atoms with Crippen molar-refractivity contribution in [1.82, 2.24) is 25.4 Å². The van der Waals surface area contributed by atoms with Crippen molar-refractivity contribution in [3.8, 4) is 22.8 Å². The fourth-order valence-corrected chi connectivity index (χ4v) is 4.97. The van der Waals surface area contributed by atoms with Crippen LogP contribution in [0.5, 0.6) is 5.75 Å². The number of benzene rings is 2. The number of rotatable bonds is 13.